The Labute approximate surface area is 126 Å². The second-order valence-electron chi connectivity index (χ2n) is 5.28. The van der Waals surface area contributed by atoms with Gasteiger partial charge in [-0.3, -0.25) is 9.80 Å². The largest absolute Gasteiger partial charge is 0.308 e. The summed E-state index contributed by atoms with van der Waals surface area (Å²) in [7, 11) is 0. The van der Waals surface area contributed by atoms with Gasteiger partial charge in [0.1, 0.15) is 6.54 Å². The number of aryl methyl sites for hydroxylation is 1. The second kappa shape index (κ2) is 6.88. The van der Waals surface area contributed by atoms with Crippen molar-refractivity contribution in [2.24, 2.45) is 5.10 Å². The van der Waals surface area contributed by atoms with Gasteiger partial charge in [0, 0.05) is 24.1 Å². The smallest absolute Gasteiger partial charge is 0.248 e. The van der Waals surface area contributed by atoms with Gasteiger partial charge >= 0.3 is 0 Å². The number of amides is 1. The Morgan fingerprint density at radius 2 is 1.90 bits per heavy atom. The molecule has 1 aliphatic rings. The lowest BCUT2D eigenvalue weighted by atomic mass is 10.2. The molecule has 0 aliphatic carbocycles. The minimum atomic E-state index is 0.0255. The molecule has 0 unspecified atom stereocenters. The minimum Gasteiger partial charge on any atom is -0.308 e. The molecule has 4 heteroatoms. The van der Waals surface area contributed by atoms with Crippen molar-refractivity contribution >= 4 is 17.8 Å². The third kappa shape index (κ3) is 4.05. The van der Waals surface area contributed by atoms with Crippen LogP contribution in [0.15, 0.2) is 53.8 Å². The summed E-state index contributed by atoms with van der Waals surface area (Å²) in [6.45, 7) is 6.29. The van der Waals surface area contributed by atoms with Crippen LogP contribution in [0.4, 0.5) is 5.69 Å². The summed E-state index contributed by atoms with van der Waals surface area (Å²) in [5.41, 5.74) is 2.10. The average Bonchev–Trinajstić information content (AvgIpc) is 2.69. The van der Waals surface area contributed by atoms with Crippen LogP contribution >= 0.6 is 0 Å². The first-order chi connectivity index (χ1) is 10.1. The Morgan fingerprint density at radius 1 is 1.19 bits per heavy atom. The molecule has 1 heterocycles. The summed E-state index contributed by atoms with van der Waals surface area (Å²) in [5, 5.41) is 5.84. The van der Waals surface area contributed by atoms with Crippen molar-refractivity contribution in [1.82, 2.24) is 5.01 Å². The monoisotopic (exact) mass is 283 g/mol. The lowest BCUT2D eigenvalue weighted by molar-refractivity contribution is -0.119. The standard InChI is InChI=1S/C17H21N3O/c1-14(2)20(16-9-7-15(3)8-10-16)17(21)13-19-12-6-4-5-11-18-19/h4-12,14H,13H2,1-3H3. The fourth-order valence-corrected chi connectivity index (χ4v) is 2.17. The van der Waals surface area contributed by atoms with Crippen LogP contribution in [0, 0.1) is 6.92 Å². The van der Waals surface area contributed by atoms with E-state index in [1.807, 2.05) is 63.3 Å². The molecule has 0 N–H and O–H groups in total. The summed E-state index contributed by atoms with van der Waals surface area (Å²) >= 11 is 0. The highest BCUT2D eigenvalue weighted by molar-refractivity contribution is 5.95. The Balaban J connectivity index is 2.14. The summed E-state index contributed by atoms with van der Waals surface area (Å²) in [6, 6.07) is 8.10. The highest BCUT2D eigenvalue weighted by Crippen LogP contribution is 2.18. The van der Waals surface area contributed by atoms with Crippen LogP contribution in [-0.4, -0.2) is 29.7 Å². The van der Waals surface area contributed by atoms with E-state index in [0.717, 1.165) is 5.69 Å². The van der Waals surface area contributed by atoms with E-state index in [9.17, 15) is 4.79 Å². The number of allylic oxidation sites excluding steroid dienone is 3. The van der Waals surface area contributed by atoms with Gasteiger partial charge < -0.3 is 4.90 Å². The average molecular weight is 283 g/mol. The normalized spacial score (nSPS) is 13.6. The van der Waals surface area contributed by atoms with Crippen LogP contribution in [0.3, 0.4) is 0 Å². The zero-order valence-electron chi connectivity index (χ0n) is 12.7. The van der Waals surface area contributed by atoms with Crippen LogP contribution in [0.2, 0.25) is 0 Å². The van der Waals surface area contributed by atoms with Gasteiger partial charge in [-0.05, 0) is 45.1 Å². The highest BCUT2D eigenvalue weighted by Gasteiger charge is 2.20. The number of nitrogens with zero attached hydrogens (tertiary/aromatic N) is 3. The fourth-order valence-electron chi connectivity index (χ4n) is 2.17. The molecule has 0 bridgehead atoms. The van der Waals surface area contributed by atoms with Gasteiger partial charge in [-0.2, -0.15) is 5.10 Å². The van der Waals surface area contributed by atoms with Crippen molar-refractivity contribution in [2.45, 2.75) is 26.8 Å². The van der Waals surface area contributed by atoms with Crippen molar-refractivity contribution in [3.05, 3.63) is 54.3 Å². The first-order valence-electron chi connectivity index (χ1n) is 7.11. The zero-order valence-corrected chi connectivity index (χ0v) is 12.7. The molecule has 1 amide bonds. The molecule has 0 atom stereocenters. The van der Waals surface area contributed by atoms with Gasteiger partial charge in [-0.1, -0.05) is 23.8 Å². The number of carbonyl (C=O) groups is 1. The Morgan fingerprint density at radius 3 is 2.57 bits per heavy atom. The van der Waals surface area contributed by atoms with Crippen LogP contribution in [0.5, 0.6) is 0 Å². The van der Waals surface area contributed by atoms with Crippen LogP contribution in [0.1, 0.15) is 19.4 Å². The van der Waals surface area contributed by atoms with E-state index in [-0.39, 0.29) is 18.5 Å². The number of benzene rings is 1. The molecular weight excluding hydrogens is 262 g/mol. The van der Waals surface area contributed by atoms with E-state index in [4.69, 9.17) is 0 Å². The molecule has 0 fully saturated rings. The number of hydrazone groups is 1. The number of hydrogen-bond acceptors (Lipinski definition) is 3. The summed E-state index contributed by atoms with van der Waals surface area (Å²) in [6.07, 6.45) is 9.06. The summed E-state index contributed by atoms with van der Waals surface area (Å²) in [5.74, 6) is 0.0255. The third-order valence-corrected chi connectivity index (χ3v) is 3.18. The first kappa shape index (κ1) is 15.0. The van der Waals surface area contributed by atoms with Crippen LogP contribution in [-0.2, 0) is 4.79 Å². The van der Waals surface area contributed by atoms with Crippen molar-refractivity contribution < 1.29 is 4.79 Å². The van der Waals surface area contributed by atoms with E-state index < -0.39 is 0 Å². The summed E-state index contributed by atoms with van der Waals surface area (Å²) < 4.78 is 0. The predicted octanol–water partition coefficient (Wildman–Crippen LogP) is 3.11. The SMILES string of the molecule is Cc1ccc(N(C(=O)CN2C=CC=CC=N2)C(C)C)cc1. The van der Waals surface area contributed by atoms with Gasteiger partial charge in [0.05, 0.1) is 0 Å². The molecule has 110 valence electrons. The molecular formula is C17H21N3O. The molecule has 0 saturated carbocycles. The lowest BCUT2D eigenvalue weighted by Gasteiger charge is -2.28. The molecule has 1 aromatic carbocycles. The maximum absolute atomic E-state index is 12.6. The van der Waals surface area contributed by atoms with Crippen LogP contribution in [0.25, 0.3) is 0 Å². The maximum atomic E-state index is 12.6. The molecule has 4 nitrogen and oxygen atoms in total. The van der Waals surface area contributed by atoms with Gasteiger partial charge in [0.25, 0.3) is 0 Å². The van der Waals surface area contributed by atoms with Gasteiger partial charge in [0.2, 0.25) is 5.91 Å². The van der Waals surface area contributed by atoms with E-state index in [0.29, 0.717) is 0 Å². The van der Waals surface area contributed by atoms with Gasteiger partial charge in [-0.25, -0.2) is 0 Å². The number of carbonyl (C=O) groups excluding carboxylic acids is 1. The van der Waals surface area contributed by atoms with Gasteiger partial charge in [0.15, 0.2) is 0 Å². The molecule has 2 rings (SSSR count). The van der Waals surface area contributed by atoms with Crippen molar-refractivity contribution in [2.75, 3.05) is 11.4 Å². The second-order valence-corrected chi connectivity index (χ2v) is 5.28. The fraction of sp³-hybridized carbons (Fsp3) is 0.294. The third-order valence-electron chi connectivity index (χ3n) is 3.18. The lowest BCUT2D eigenvalue weighted by Crippen LogP contribution is -2.41. The Hall–Kier alpha value is -2.36. The van der Waals surface area contributed by atoms with E-state index in [2.05, 4.69) is 5.10 Å². The zero-order chi connectivity index (χ0) is 15.2. The number of hydrogen-bond donors (Lipinski definition) is 0. The van der Waals surface area contributed by atoms with Crippen molar-refractivity contribution in [3.8, 4) is 0 Å². The van der Waals surface area contributed by atoms with Crippen LogP contribution < -0.4 is 4.90 Å². The number of rotatable bonds is 4. The maximum Gasteiger partial charge on any atom is 0.248 e. The molecule has 0 saturated heterocycles. The Kier molecular flexibility index (Phi) is 4.93. The molecule has 0 aromatic heterocycles. The quantitative estimate of drug-likeness (QED) is 0.851. The number of anilines is 1. The predicted molar refractivity (Wildman–Crippen MR) is 87.3 cm³/mol. The molecule has 1 aromatic rings. The van der Waals surface area contributed by atoms with Gasteiger partial charge in [-0.15, -0.1) is 0 Å². The summed E-state index contributed by atoms with van der Waals surface area (Å²) in [4.78, 5) is 14.4. The molecule has 0 radical (unpaired) electrons. The first-order valence-corrected chi connectivity index (χ1v) is 7.11. The van der Waals surface area contributed by atoms with Crippen molar-refractivity contribution in [3.63, 3.8) is 0 Å². The molecule has 1 aliphatic heterocycles. The van der Waals surface area contributed by atoms with E-state index >= 15 is 0 Å². The molecule has 0 spiro atoms. The minimum absolute atomic E-state index is 0.0255. The van der Waals surface area contributed by atoms with Crippen molar-refractivity contribution in [1.29, 1.82) is 0 Å². The highest BCUT2D eigenvalue weighted by atomic mass is 16.2. The van der Waals surface area contributed by atoms with E-state index in [1.54, 1.807) is 22.3 Å². The molecule has 21 heavy (non-hydrogen) atoms. The topological polar surface area (TPSA) is 35.9 Å². The Bertz CT molecular complexity index is 554. The van der Waals surface area contributed by atoms with E-state index in [1.165, 1.54) is 5.56 Å².